The lowest BCUT2D eigenvalue weighted by Gasteiger charge is -2.06. The van der Waals surface area contributed by atoms with Gasteiger partial charge in [-0.25, -0.2) is 0 Å². The number of thiophene rings is 1. The highest BCUT2D eigenvalue weighted by molar-refractivity contribution is 7.12. The van der Waals surface area contributed by atoms with Crippen molar-refractivity contribution in [1.82, 2.24) is 9.78 Å². The van der Waals surface area contributed by atoms with Crippen LogP contribution in [0.4, 0.5) is 5.69 Å². The summed E-state index contributed by atoms with van der Waals surface area (Å²) in [5.41, 5.74) is 2.48. The highest BCUT2D eigenvalue weighted by atomic mass is 35.5. The first-order valence-electron chi connectivity index (χ1n) is 9.10. The molecule has 4 rings (SSSR count). The van der Waals surface area contributed by atoms with E-state index in [1.54, 1.807) is 23.1 Å². The molecule has 5 nitrogen and oxygen atoms in total. The Morgan fingerprint density at radius 1 is 1.10 bits per heavy atom. The highest BCUT2D eigenvalue weighted by Gasteiger charge is 2.12. The number of nitrogens with zero attached hydrogens (tertiary/aromatic N) is 2. The SMILES string of the molecule is O=C(Nc1cnn(Cc2ccccc2Cl)c1)c1cc(COc2ccccc2Cl)cs1. The fourth-order valence-corrected chi connectivity index (χ4v) is 3.98. The largest absolute Gasteiger partial charge is 0.487 e. The Morgan fingerprint density at radius 3 is 2.67 bits per heavy atom. The van der Waals surface area contributed by atoms with E-state index in [1.165, 1.54) is 11.3 Å². The zero-order valence-corrected chi connectivity index (χ0v) is 18.0. The van der Waals surface area contributed by atoms with Crippen molar-refractivity contribution in [3.8, 4) is 5.75 Å². The van der Waals surface area contributed by atoms with Gasteiger partial charge in [0.1, 0.15) is 12.4 Å². The molecular weight excluding hydrogens is 441 g/mol. The van der Waals surface area contributed by atoms with Gasteiger partial charge in [-0.05, 0) is 35.2 Å². The average molecular weight is 458 g/mol. The first kappa shape index (κ1) is 20.5. The summed E-state index contributed by atoms with van der Waals surface area (Å²) in [5, 5.41) is 10.3. The molecule has 0 atom stereocenters. The van der Waals surface area contributed by atoms with Gasteiger partial charge in [0.15, 0.2) is 0 Å². The van der Waals surface area contributed by atoms with Crippen molar-refractivity contribution < 1.29 is 9.53 Å². The molecule has 0 spiro atoms. The van der Waals surface area contributed by atoms with Crippen LogP contribution in [0.3, 0.4) is 0 Å². The summed E-state index contributed by atoms with van der Waals surface area (Å²) in [6.07, 6.45) is 3.39. The third kappa shape index (κ3) is 5.02. The van der Waals surface area contributed by atoms with E-state index in [9.17, 15) is 4.79 Å². The number of ether oxygens (including phenoxy) is 1. The second-order valence-electron chi connectivity index (χ2n) is 6.51. The van der Waals surface area contributed by atoms with E-state index in [0.717, 1.165) is 11.1 Å². The molecule has 30 heavy (non-hydrogen) atoms. The van der Waals surface area contributed by atoms with E-state index < -0.39 is 0 Å². The van der Waals surface area contributed by atoms with Crippen molar-refractivity contribution in [3.63, 3.8) is 0 Å². The molecule has 8 heteroatoms. The normalized spacial score (nSPS) is 10.7. The minimum Gasteiger partial charge on any atom is -0.487 e. The second kappa shape index (κ2) is 9.34. The number of hydrogen-bond acceptors (Lipinski definition) is 4. The summed E-state index contributed by atoms with van der Waals surface area (Å²) in [5.74, 6) is 0.420. The molecule has 0 radical (unpaired) electrons. The van der Waals surface area contributed by atoms with Crippen LogP contribution in [0.5, 0.6) is 5.75 Å². The van der Waals surface area contributed by atoms with Gasteiger partial charge in [0.25, 0.3) is 5.91 Å². The summed E-state index contributed by atoms with van der Waals surface area (Å²) in [6, 6.07) is 16.7. The van der Waals surface area contributed by atoms with Gasteiger partial charge in [0.05, 0.1) is 28.3 Å². The lowest BCUT2D eigenvalue weighted by atomic mass is 10.2. The van der Waals surface area contributed by atoms with Crippen molar-refractivity contribution in [1.29, 1.82) is 0 Å². The van der Waals surface area contributed by atoms with Gasteiger partial charge < -0.3 is 10.1 Å². The number of aromatic nitrogens is 2. The summed E-state index contributed by atoms with van der Waals surface area (Å²) in [7, 11) is 0. The fourth-order valence-electron chi connectivity index (χ4n) is 2.80. The van der Waals surface area contributed by atoms with Crippen LogP contribution in [0.25, 0.3) is 0 Å². The number of hydrogen-bond donors (Lipinski definition) is 1. The van der Waals surface area contributed by atoms with E-state index in [1.807, 2.05) is 53.9 Å². The van der Waals surface area contributed by atoms with Crippen molar-refractivity contribution in [2.24, 2.45) is 0 Å². The Kier molecular flexibility index (Phi) is 6.38. The molecule has 152 valence electrons. The lowest BCUT2D eigenvalue weighted by Crippen LogP contribution is -2.09. The molecule has 2 aromatic carbocycles. The van der Waals surface area contributed by atoms with E-state index in [2.05, 4.69) is 10.4 Å². The molecule has 0 fully saturated rings. The minimum atomic E-state index is -0.193. The van der Waals surface area contributed by atoms with Crippen LogP contribution in [-0.2, 0) is 13.2 Å². The molecular formula is C22H17Cl2N3O2S. The number of halogens is 2. The summed E-state index contributed by atoms with van der Waals surface area (Å²) < 4.78 is 7.45. The molecule has 0 saturated heterocycles. The standard InChI is InChI=1S/C22H17Cl2N3O2S/c23-18-6-2-1-5-16(18)11-27-12-17(10-25-27)26-22(28)21-9-15(14-30-21)13-29-20-8-4-3-7-19(20)24/h1-10,12,14H,11,13H2,(H,26,28). The first-order valence-corrected chi connectivity index (χ1v) is 10.7. The maximum Gasteiger partial charge on any atom is 0.265 e. The molecule has 2 heterocycles. The van der Waals surface area contributed by atoms with Crippen LogP contribution in [0.1, 0.15) is 20.8 Å². The monoisotopic (exact) mass is 457 g/mol. The van der Waals surface area contributed by atoms with Gasteiger partial charge in [-0.1, -0.05) is 53.5 Å². The minimum absolute atomic E-state index is 0.193. The zero-order valence-electron chi connectivity index (χ0n) is 15.7. The molecule has 2 aromatic heterocycles. The number of rotatable bonds is 7. The summed E-state index contributed by atoms with van der Waals surface area (Å²) in [6.45, 7) is 0.862. The highest BCUT2D eigenvalue weighted by Crippen LogP contribution is 2.25. The Hall–Kier alpha value is -2.80. The van der Waals surface area contributed by atoms with Crippen LogP contribution < -0.4 is 10.1 Å². The average Bonchev–Trinajstić information content (AvgIpc) is 3.39. The molecule has 4 aromatic rings. The zero-order chi connectivity index (χ0) is 20.9. The van der Waals surface area contributed by atoms with E-state index in [-0.39, 0.29) is 5.91 Å². The van der Waals surface area contributed by atoms with E-state index >= 15 is 0 Å². The summed E-state index contributed by atoms with van der Waals surface area (Å²) in [4.78, 5) is 13.1. The van der Waals surface area contributed by atoms with Crippen LogP contribution >= 0.6 is 34.5 Å². The Balaban J connectivity index is 1.35. The van der Waals surface area contributed by atoms with Gasteiger partial charge in [-0.2, -0.15) is 5.10 Å². The smallest absolute Gasteiger partial charge is 0.265 e. The number of benzene rings is 2. The number of carbonyl (C=O) groups excluding carboxylic acids is 1. The summed E-state index contributed by atoms with van der Waals surface area (Å²) >= 11 is 13.6. The Bertz CT molecular complexity index is 1170. The van der Waals surface area contributed by atoms with Crippen molar-refractivity contribution in [3.05, 3.63) is 98.4 Å². The van der Waals surface area contributed by atoms with Gasteiger partial charge in [-0.15, -0.1) is 11.3 Å². The predicted octanol–water partition coefficient (Wildman–Crippen LogP) is 6.13. The maximum atomic E-state index is 12.6. The van der Waals surface area contributed by atoms with Crippen LogP contribution in [0.2, 0.25) is 10.0 Å². The Morgan fingerprint density at radius 2 is 1.87 bits per heavy atom. The molecule has 0 unspecified atom stereocenters. The van der Waals surface area contributed by atoms with E-state index in [0.29, 0.717) is 39.5 Å². The molecule has 0 saturated carbocycles. The molecule has 1 N–H and O–H groups in total. The van der Waals surface area contributed by atoms with Crippen LogP contribution in [0.15, 0.2) is 72.4 Å². The number of para-hydroxylation sites is 1. The van der Waals surface area contributed by atoms with Crippen molar-refractivity contribution >= 4 is 46.1 Å². The van der Waals surface area contributed by atoms with Crippen molar-refractivity contribution in [2.45, 2.75) is 13.2 Å². The third-order valence-electron chi connectivity index (χ3n) is 4.29. The van der Waals surface area contributed by atoms with Gasteiger partial charge in [0, 0.05) is 16.8 Å². The van der Waals surface area contributed by atoms with Crippen LogP contribution in [-0.4, -0.2) is 15.7 Å². The predicted molar refractivity (Wildman–Crippen MR) is 121 cm³/mol. The topological polar surface area (TPSA) is 56.2 Å². The molecule has 1 amide bonds. The maximum absolute atomic E-state index is 12.6. The lowest BCUT2D eigenvalue weighted by molar-refractivity contribution is 0.103. The fraction of sp³-hybridized carbons (Fsp3) is 0.0909. The molecule has 0 aliphatic heterocycles. The van der Waals surface area contributed by atoms with Crippen molar-refractivity contribution in [2.75, 3.05) is 5.32 Å². The first-order chi connectivity index (χ1) is 14.6. The van der Waals surface area contributed by atoms with E-state index in [4.69, 9.17) is 27.9 Å². The second-order valence-corrected chi connectivity index (χ2v) is 8.24. The van der Waals surface area contributed by atoms with Gasteiger partial charge in [0.2, 0.25) is 0 Å². The quantitative estimate of drug-likeness (QED) is 0.363. The number of anilines is 1. The molecule has 0 aliphatic carbocycles. The van der Waals surface area contributed by atoms with Gasteiger partial charge in [-0.3, -0.25) is 9.48 Å². The Labute approximate surface area is 187 Å². The molecule has 0 bridgehead atoms. The number of carbonyl (C=O) groups is 1. The van der Waals surface area contributed by atoms with Gasteiger partial charge >= 0.3 is 0 Å². The molecule has 0 aliphatic rings. The third-order valence-corrected chi connectivity index (χ3v) is 5.95. The van der Waals surface area contributed by atoms with Crippen LogP contribution in [0, 0.1) is 0 Å². The number of amides is 1. The number of nitrogens with one attached hydrogen (secondary N) is 1.